The molecule has 5 heteroatoms. The van der Waals surface area contributed by atoms with Gasteiger partial charge in [-0.1, -0.05) is 11.6 Å². The van der Waals surface area contributed by atoms with Gasteiger partial charge in [-0.3, -0.25) is 9.78 Å². The van der Waals surface area contributed by atoms with Crippen LogP contribution in [0.2, 0.25) is 0 Å². The van der Waals surface area contributed by atoms with Gasteiger partial charge in [-0.2, -0.15) is 0 Å². The molecule has 0 fully saturated rings. The van der Waals surface area contributed by atoms with Gasteiger partial charge >= 0.3 is 0 Å². The lowest BCUT2D eigenvalue weighted by atomic mass is 9.97. The summed E-state index contributed by atoms with van der Waals surface area (Å²) in [6.07, 6.45) is 13.1. The zero-order valence-electron chi connectivity index (χ0n) is 13.8. The van der Waals surface area contributed by atoms with E-state index in [9.17, 15) is 4.79 Å². The minimum absolute atomic E-state index is 0.113. The average molecular weight is 341 g/mol. The van der Waals surface area contributed by atoms with Crippen LogP contribution in [0.3, 0.4) is 0 Å². The normalized spacial score (nSPS) is 14.2. The molecule has 2 aromatic heterocycles. The molecule has 0 aliphatic heterocycles. The predicted octanol–water partition coefficient (Wildman–Crippen LogP) is 4.14. The van der Waals surface area contributed by atoms with Crippen LogP contribution in [-0.4, -0.2) is 22.4 Å². The van der Waals surface area contributed by atoms with Crippen molar-refractivity contribution in [3.63, 3.8) is 0 Å². The molecule has 24 heavy (non-hydrogen) atoms. The Labute approximate surface area is 147 Å². The van der Waals surface area contributed by atoms with E-state index in [4.69, 9.17) is 0 Å². The number of nitrogens with one attached hydrogen (secondary N) is 1. The van der Waals surface area contributed by atoms with Crippen molar-refractivity contribution in [2.24, 2.45) is 0 Å². The molecule has 2 aromatic rings. The van der Waals surface area contributed by atoms with Gasteiger partial charge < -0.3 is 5.32 Å². The van der Waals surface area contributed by atoms with Crippen molar-refractivity contribution in [2.45, 2.75) is 44.9 Å². The van der Waals surface area contributed by atoms with Crippen molar-refractivity contribution in [3.8, 4) is 10.6 Å². The summed E-state index contributed by atoms with van der Waals surface area (Å²) in [7, 11) is 0. The highest BCUT2D eigenvalue weighted by Crippen LogP contribution is 2.23. The van der Waals surface area contributed by atoms with Gasteiger partial charge in [-0.15, -0.1) is 11.3 Å². The molecule has 1 aliphatic rings. The predicted molar refractivity (Wildman–Crippen MR) is 97.8 cm³/mol. The molecule has 3 rings (SSSR count). The summed E-state index contributed by atoms with van der Waals surface area (Å²) >= 11 is 1.60. The van der Waals surface area contributed by atoms with Crippen molar-refractivity contribution >= 4 is 17.2 Å². The second-order valence-corrected chi connectivity index (χ2v) is 6.95. The van der Waals surface area contributed by atoms with Crippen molar-refractivity contribution in [3.05, 3.63) is 47.2 Å². The van der Waals surface area contributed by atoms with E-state index < -0.39 is 0 Å². The Bertz CT molecular complexity index is 694. The summed E-state index contributed by atoms with van der Waals surface area (Å²) in [5.41, 5.74) is 3.50. The molecule has 2 heterocycles. The standard InChI is InChI=1S/C19H23N3OS/c23-18(21-12-10-15-5-2-1-3-6-15)9-8-17-14-24-19(22-17)16-7-4-11-20-13-16/h4-5,7,11,13-14H,1-3,6,8-10,12H2,(H,21,23). The van der Waals surface area contributed by atoms with Gasteiger partial charge in [0.05, 0.1) is 5.69 Å². The number of allylic oxidation sites excluding steroid dienone is 1. The van der Waals surface area contributed by atoms with E-state index in [1.54, 1.807) is 17.5 Å². The molecule has 1 amide bonds. The number of rotatable bonds is 7. The number of nitrogens with zero attached hydrogens (tertiary/aromatic N) is 2. The maximum Gasteiger partial charge on any atom is 0.220 e. The first-order valence-corrected chi connectivity index (χ1v) is 9.48. The topological polar surface area (TPSA) is 54.9 Å². The van der Waals surface area contributed by atoms with Crippen LogP contribution in [0.1, 0.15) is 44.2 Å². The molecule has 0 spiro atoms. The highest BCUT2D eigenvalue weighted by molar-refractivity contribution is 7.13. The Balaban J connectivity index is 1.40. The van der Waals surface area contributed by atoms with Crippen LogP contribution < -0.4 is 5.32 Å². The molecule has 0 bridgehead atoms. The van der Waals surface area contributed by atoms with Crippen molar-refractivity contribution in [1.29, 1.82) is 0 Å². The van der Waals surface area contributed by atoms with Crippen LogP contribution >= 0.6 is 11.3 Å². The molecule has 4 nitrogen and oxygen atoms in total. The molecule has 0 aromatic carbocycles. The Hall–Kier alpha value is -2.01. The SMILES string of the molecule is O=C(CCc1csc(-c2cccnc2)n1)NCCC1=CCCCC1. The third kappa shape index (κ3) is 4.99. The fourth-order valence-electron chi connectivity index (χ4n) is 2.87. The number of aromatic nitrogens is 2. The van der Waals surface area contributed by atoms with Gasteiger partial charge in [0.2, 0.25) is 5.91 Å². The highest BCUT2D eigenvalue weighted by Gasteiger charge is 2.08. The fourth-order valence-corrected chi connectivity index (χ4v) is 3.71. The first kappa shape index (κ1) is 16.8. The molecular formula is C19H23N3OS. The summed E-state index contributed by atoms with van der Waals surface area (Å²) in [5.74, 6) is 0.113. The molecule has 0 radical (unpaired) electrons. The minimum Gasteiger partial charge on any atom is -0.356 e. The third-order valence-electron chi connectivity index (χ3n) is 4.22. The smallest absolute Gasteiger partial charge is 0.220 e. The van der Waals surface area contributed by atoms with Gasteiger partial charge in [0.25, 0.3) is 0 Å². The second-order valence-electron chi connectivity index (χ2n) is 6.09. The largest absolute Gasteiger partial charge is 0.356 e. The van der Waals surface area contributed by atoms with Crippen molar-refractivity contribution in [2.75, 3.05) is 6.54 Å². The highest BCUT2D eigenvalue weighted by atomic mass is 32.1. The first-order valence-electron chi connectivity index (χ1n) is 8.60. The maximum atomic E-state index is 12.0. The van der Waals surface area contributed by atoms with Gasteiger partial charge in [0.15, 0.2) is 0 Å². The maximum absolute atomic E-state index is 12.0. The molecule has 0 saturated heterocycles. The van der Waals surface area contributed by atoms with Gasteiger partial charge in [-0.25, -0.2) is 4.98 Å². The van der Waals surface area contributed by atoms with Crippen LogP contribution in [0.4, 0.5) is 0 Å². The number of pyridine rings is 1. The second kappa shape index (κ2) is 8.73. The van der Waals surface area contributed by atoms with Crippen LogP contribution in [0, 0.1) is 0 Å². The van der Waals surface area contributed by atoms with E-state index in [-0.39, 0.29) is 5.91 Å². The van der Waals surface area contributed by atoms with Crippen LogP contribution in [0.5, 0.6) is 0 Å². The van der Waals surface area contributed by atoms with E-state index in [1.165, 1.54) is 31.3 Å². The van der Waals surface area contributed by atoms with Crippen molar-refractivity contribution in [1.82, 2.24) is 15.3 Å². The molecular weight excluding hydrogens is 318 g/mol. The van der Waals surface area contributed by atoms with Crippen LogP contribution in [0.15, 0.2) is 41.6 Å². The number of hydrogen-bond donors (Lipinski definition) is 1. The fraction of sp³-hybridized carbons (Fsp3) is 0.421. The number of carbonyl (C=O) groups is 1. The summed E-state index contributed by atoms with van der Waals surface area (Å²) < 4.78 is 0. The molecule has 0 saturated carbocycles. The lowest BCUT2D eigenvalue weighted by molar-refractivity contribution is -0.121. The summed E-state index contributed by atoms with van der Waals surface area (Å²) in [4.78, 5) is 20.7. The molecule has 126 valence electrons. The van der Waals surface area contributed by atoms with Crippen LogP contribution in [0.25, 0.3) is 10.6 Å². The lowest BCUT2D eigenvalue weighted by Crippen LogP contribution is -2.25. The van der Waals surface area contributed by atoms with E-state index in [0.29, 0.717) is 12.8 Å². The van der Waals surface area contributed by atoms with Crippen molar-refractivity contribution < 1.29 is 4.79 Å². The van der Waals surface area contributed by atoms with Gasteiger partial charge in [-0.05, 0) is 50.7 Å². The van der Waals surface area contributed by atoms with E-state index in [0.717, 1.165) is 29.2 Å². The van der Waals surface area contributed by atoms with E-state index in [2.05, 4.69) is 21.4 Å². The van der Waals surface area contributed by atoms with E-state index in [1.807, 2.05) is 23.7 Å². The number of hydrogen-bond acceptors (Lipinski definition) is 4. The van der Waals surface area contributed by atoms with Crippen LogP contribution in [-0.2, 0) is 11.2 Å². The number of amides is 1. The minimum atomic E-state index is 0.113. The Kier molecular flexibility index (Phi) is 6.13. The van der Waals surface area contributed by atoms with Gasteiger partial charge in [0, 0.05) is 36.3 Å². The molecule has 0 unspecified atom stereocenters. The summed E-state index contributed by atoms with van der Waals surface area (Å²) in [6, 6.07) is 3.91. The monoisotopic (exact) mass is 341 g/mol. The molecule has 1 N–H and O–H groups in total. The number of thiazole rings is 1. The number of aryl methyl sites for hydroxylation is 1. The van der Waals surface area contributed by atoms with E-state index >= 15 is 0 Å². The lowest BCUT2D eigenvalue weighted by Gasteiger charge is -2.12. The molecule has 0 atom stereocenters. The van der Waals surface area contributed by atoms with Gasteiger partial charge in [0.1, 0.15) is 5.01 Å². The number of carbonyl (C=O) groups excluding carboxylic acids is 1. The summed E-state index contributed by atoms with van der Waals surface area (Å²) in [6.45, 7) is 0.753. The first-order chi connectivity index (χ1) is 11.8. The Morgan fingerprint density at radius 3 is 3.04 bits per heavy atom. The Morgan fingerprint density at radius 1 is 1.29 bits per heavy atom. The quantitative estimate of drug-likeness (QED) is 0.770. The third-order valence-corrected chi connectivity index (χ3v) is 5.16. The Morgan fingerprint density at radius 2 is 2.25 bits per heavy atom. The summed E-state index contributed by atoms with van der Waals surface area (Å²) in [5, 5.41) is 6.02. The molecule has 1 aliphatic carbocycles. The zero-order valence-corrected chi connectivity index (χ0v) is 14.6. The average Bonchev–Trinajstić information content (AvgIpc) is 3.11. The zero-order chi connectivity index (χ0) is 16.6.